The van der Waals surface area contributed by atoms with Gasteiger partial charge in [0, 0.05) is 73.7 Å². The van der Waals surface area contributed by atoms with Crippen molar-refractivity contribution in [3.63, 3.8) is 0 Å². The largest absolute Gasteiger partial charge is 0.491 e. The molecule has 4 atom stereocenters. The Labute approximate surface area is 537 Å². The van der Waals surface area contributed by atoms with Crippen molar-refractivity contribution >= 4 is 89.8 Å². The van der Waals surface area contributed by atoms with Crippen LogP contribution in [0.15, 0.2) is 72.2 Å². The molecule has 4 aromatic heterocycles. The Morgan fingerprint density at radius 3 is 2.37 bits per heavy atom. The number of anilines is 4. The highest BCUT2D eigenvalue weighted by Gasteiger charge is 2.45. The van der Waals surface area contributed by atoms with Gasteiger partial charge in [0.15, 0.2) is 39.2 Å². The molecule has 10 rings (SSSR count). The number of aryl methyl sites for hydroxylation is 2. The van der Waals surface area contributed by atoms with Crippen molar-refractivity contribution in [2.24, 2.45) is 5.41 Å². The van der Waals surface area contributed by atoms with Crippen LogP contribution in [0.1, 0.15) is 141 Å². The summed E-state index contributed by atoms with van der Waals surface area (Å²) < 4.78 is 22.2. The fourth-order valence-corrected chi connectivity index (χ4v) is 14.6. The number of hydrogen-bond acceptors (Lipinski definition) is 18. The molecular weight excluding hydrogens is 1200 g/mol. The topological polar surface area (TPSA) is 231 Å². The SMILES string of the molecule is Cc1ncsc1-c1ccc(C(C)NC(=O)[C@@H]2C[C@@H](O)CN2C(=O)C(NC(=O)CCCCCCCCN2CCN(CC#Cc3ccc(OCCCc4sc(N5CCCc6c5nnc(Nc5nc7ccccc7s5)c6C)nc4C(=O)O)c(F)c3)CC2)C(C)(C)C)cc1. The van der Waals surface area contributed by atoms with Gasteiger partial charge in [0.2, 0.25) is 17.7 Å². The van der Waals surface area contributed by atoms with Gasteiger partial charge in [-0.1, -0.05) is 106 Å². The molecule has 19 nitrogen and oxygen atoms in total. The first-order valence-electron chi connectivity index (χ1n) is 31.3. The monoisotopic (exact) mass is 1280 g/mol. The second kappa shape index (κ2) is 30.1. The molecule has 0 aliphatic carbocycles. The molecule has 2 saturated heterocycles. The number of hydrogen-bond donors (Lipinski definition) is 5. The molecule has 7 heterocycles. The smallest absolute Gasteiger partial charge is 0.355 e. The number of β-amino-alcohol motifs (C(OH)–C–C–N with tert-alkyl or cyclic N) is 1. The highest BCUT2D eigenvalue weighted by molar-refractivity contribution is 7.22. The average Bonchev–Trinajstić information content (AvgIpc) is 1.41. The summed E-state index contributed by atoms with van der Waals surface area (Å²) in [5.41, 5.74) is 7.60. The van der Waals surface area contributed by atoms with Gasteiger partial charge in [-0.3, -0.25) is 19.3 Å². The summed E-state index contributed by atoms with van der Waals surface area (Å²) in [6.07, 6.45) is 7.99. The molecule has 90 heavy (non-hydrogen) atoms. The van der Waals surface area contributed by atoms with Gasteiger partial charge in [0.05, 0.1) is 51.6 Å². The third-order valence-corrected chi connectivity index (χ3v) is 20.0. The Balaban J connectivity index is 0.587. The van der Waals surface area contributed by atoms with E-state index in [1.54, 1.807) is 34.8 Å². The molecule has 0 saturated carbocycles. The lowest BCUT2D eigenvalue weighted by Crippen LogP contribution is -2.57. The second-order valence-electron chi connectivity index (χ2n) is 24.7. The molecule has 23 heteroatoms. The number of likely N-dealkylation sites (tertiary alicyclic amines) is 1. The summed E-state index contributed by atoms with van der Waals surface area (Å²) in [4.78, 5) is 77.1. The van der Waals surface area contributed by atoms with E-state index in [-0.39, 0.29) is 54.8 Å². The number of carboxylic acid groups (broad SMARTS) is 1. The van der Waals surface area contributed by atoms with Crippen LogP contribution in [0, 0.1) is 36.9 Å². The maximum absolute atomic E-state index is 15.3. The molecule has 3 aliphatic rings. The number of aliphatic hydroxyl groups excluding tert-OH is 1. The minimum atomic E-state index is -1.11. The molecule has 476 valence electrons. The number of unbranched alkanes of at least 4 members (excludes halogenated alkanes) is 5. The second-order valence-corrected chi connectivity index (χ2v) is 27.6. The minimum Gasteiger partial charge on any atom is -0.491 e. The van der Waals surface area contributed by atoms with E-state index in [1.165, 1.54) is 22.3 Å². The van der Waals surface area contributed by atoms with E-state index in [0.717, 1.165) is 126 Å². The van der Waals surface area contributed by atoms with Crippen LogP contribution in [0.2, 0.25) is 0 Å². The van der Waals surface area contributed by atoms with Gasteiger partial charge < -0.3 is 45.6 Å². The number of halogens is 1. The fraction of sp³-hybridized carbons (Fsp3) is 0.478. The maximum Gasteiger partial charge on any atom is 0.355 e. The standard InChI is InChI=1S/C67H81FN12O7S3/c1-42-49-19-16-32-79(61(49)76-75-60(42)74-65-71-51-20-12-13-21-54(51)89-65)66-73-57(64(85)86)55(90-66)22-17-37-87-53-29-24-45(38-50(53)68)18-15-31-78-35-33-77(34-36-78)30-14-10-8-7-9-11-23-56(82)72-59(67(4,5)6)63(84)80-40-48(81)39-52(80)62(83)70-43(2)46-25-27-47(28-26-46)58-44(3)69-41-88-58/h12-13,20-21,24-29,38,41,43,48,52,59,81H,7-11,14,16-17,19,22-23,30-37,39-40H2,1-6H3,(H,70,83)(H,72,82)(H,85,86)(H,71,74,75)/t43?,48-,52+,59?/m1/s1. The number of amides is 3. The van der Waals surface area contributed by atoms with Gasteiger partial charge in [-0.05, 0) is 113 Å². The molecule has 0 radical (unpaired) electrons. The summed E-state index contributed by atoms with van der Waals surface area (Å²) >= 11 is 4.45. The number of nitrogens with zero attached hydrogens (tertiary/aromatic N) is 9. The lowest BCUT2D eigenvalue weighted by molar-refractivity contribution is -0.144. The minimum absolute atomic E-state index is 0.00646. The third-order valence-electron chi connectivity index (χ3n) is 17.0. The van der Waals surface area contributed by atoms with Crippen LogP contribution < -0.4 is 25.6 Å². The van der Waals surface area contributed by atoms with Crippen LogP contribution in [0.5, 0.6) is 5.75 Å². The quantitative estimate of drug-likeness (QED) is 0.0265. The van der Waals surface area contributed by atoms with Crippen LogP contribution in [-0.4, -0.2) is 151 Å². The van der Waals surface area contributed by atoms with Crippen LogP contribution in [0.25, 0.3) is 20.7 Å². The van der Waals surface area contributed by atoms with Crippen molar-refractivity contribution in [1.29, 1.82) is 0 Å². The van der Waals surface area contributed by atoms with E-state index in [2.05, 4.69) is 62.7 Å². The molecule has 2 fully saturated rings. The number of carbonyl (C=O) groups excluding carboxylic acids is 3. The molecule has 0 spiro atoms. The number of aromatic nitrogens is 5. The number of piperazine rings is 1. The normalized spacial score (nSPS) is 16.9. The third kappa shape index (κ3) is 16.5. The van der Waals surface area contributed by atoms with Gasteiger partial charge in [-0.15, -0.1) is 32.9 Å². The molecule has 3 aromatic carbocycles. The fourth-order valence-electron chi connectivity index (χ4n) is 11.8. The molecule has 5 N–H and O–H groups in total. The molecule has 3 amide bonds. The first-order chi connectivity index (χ1) is 43.4. The Kier molecular flexibility index (Phi) is 21.9. The van der Waals surface area contributed by atoms with Gasteiger partial charge in [0.1, 0.15) is 12.1 Å². The lowest BCUT2D eigenvalue weighted by Gasteiger charge is -2.35. The number of thiazole rings is 3. The molecule has 3 aliphatic heterocycles. The first kappa shape index (κ1) is 65.5. The van der Waals surface area contributed by atoms with Crippen LogP contribution in [-0.2, 0) is 27.2 Å². The summed E-state index contributed by atoms with van der Waals surface area (Å²) in [5, 5.41) is 40.7. The number of carboxylic acids is 1. The van der Waals surface area contributed by atoms with Gasteiger partial charge in [-0.2, -0.15) is 0 Å². The van der Waals surface area contributed by atoms with E-state index in [0.29, 0.717) is 66.0 Å². The summed E-state index contributed by atoms with van der Waals surface area (Å²) in [5.74, 6) is 5.24. The Bertz CT molecular complexity index is 3680. The van der Waals surface area contributed by atoms with E-state index in [4.69, 9.17) is 4.74 Å². The van der Waals surface area contributed by atoms with Crippen LogP contribution in [0.3, 0.4) is 0 Å². The zero-order valence-corrected chi connectivity index (χ0v) is 54.6. The lowest BCUT2D eigenvalue weighted by atomic mass is 9.85. The number of carbonyl (C=O) groups is 4. The van der Waals surface area contributed by atoms with Crippen molar-refractivity contribution < 1.29 is 38.5 Å². The van der Waals surface area contributed by atoms with Crippen LogP contribution in [0.4, 0.5) is 26.3 Å². The summed E-state index contributed by atoms with van der Waals surface area (Å²) in [6.45, 7) is 17.8. The highest BCUT2D eigenvalue weighted by Crippen LogP contribution is 2.40. The highest BCUT2D eigenvalue weighted by atomic mass is 32.1. The van der Waals surface area contributed by atoms with Gasteiger partial charge >= 0.3 is 5.97 Å². The first-order valence-corrected chi connectivity index (χ1v) is 33.8. The van der Waals surface area contributed by atoms with Crippen molar-refractivity contribution in [1.82, 2.24) is 50.5 Å². The Hall–Kier alpha value is -7.46. The van der Waals surface area contributed by atoms with Crippen molar-refractivity contribution in [2.45, 2.75) is 143 Å². The predicted molar refractivity (Wildman–Crippen MR) is 353 cm³/mol. The van der Waals surface area contributed by atoms with Crippen LogP contribution >= 0.6 is 34.0 Å². The summed E-state index contributed by atoms with van der Waals surface area (Å²) in [7, 11) is 0. The Morgan fingerprint density at radius 1 is 0.878 bits per heavy atom. The molecule has 7 aromatic rings. The number of nitrogens with one attached hydrogen (secondary N) is 3. The van der Waals surface area contributed by atoms with E-state index < -0.39 is 35.4 Å². The zero-order valence-electron chi connectivity index (χ0n) is 52.2. The van der Waals surface area contributed by atoms with Crippen molar-refractivity contribution in [3.05, 3.63) is 117 Å². The number of benzene rings is 3. The van der Waals surface area contributed by atoms with E-state index in [9.17, 15) is 29.4 Å². The number of ether oxygens (including phenoxy) is 1. The molecular formula is C67H81FN12O7S3. The number of fused-ring (bicyclic) bond motifs is 2. The van der Waals surface area contributed by atoms with Gasteiger partial charge in [-0.25, -0.2) is 24.1 Å². The number of para-hydroxylation sites is 1. The van der Waals surface area contributed by atoms with E-state index in [1.807, 2.05) is 100 Å². The molecule has 2 unspecified atom stereocenters. The van der Waals surface area contributed by atoms with E-state index >= 15 is 4.39 Å². The Morgan fingerprint density at radius 2 is 1.63 bits per heavy atom. The van der Waals surface area contributed by atoms with Crippen molar-refractivity contribution in [2.75, 3.05) is 69.2 Å². The predicted octanol–water partition coefficient (Wildman–Crippen LogP) is 11.0. The molecule has 0 bridgehead atoms. The average molecular weight is 1280 g/mol. The van der Waals surface area contributed by atoms with Gasteiger partial charge in [0.25, 0.3) is 0 Å². The number of rotatable bonds is 25. The summed E-state index contributed by atoms with van der Waals surface area (Å²) in [6, 6.07) is 18.6. The zero-order chi connectivity index (χ0) is 63.5. The van der Waals surface area contributed by atoms with Crippen molar-refractivity contribution in [3.8, 4) is 28.0 Å². The maximum atomic E-state index is 15.3. The number of aromatic carboxylic acids is 1. The number of aliphatic hydroxyl groups is 1.